The molecule has 1 amide bonds. The molecular formula is C16H13N5O4. The number of benzene rings is 1. The van der Waals surface area contributed by atoms with E-state index in [0.29, 0.717) is 22.6 Å². The van der Waals surface area contributed by atoms with E-state index in [9.17, 15) is 9.59 Å². The molecule has 0 saturated carbocycles. The minimum atomic E-state index is -0.673. The van der Waals surface area contributed by atoms with E-state index in [4.69, 9.17) is 10.5 Å². The molecule has 9 nitrogen and oxygen atoms in total. The van der Waals surface area contributed by atoms with E-state index in [2.05, 4.69) is 25.1 Å². The van der Waals surface area contributed by atoms with Crippen LogP contribution in [0.15, 0.2) is 42.6 Å². The van der Waals surface area contributed by atoms with Gasteiger partial charge >= 0.3 is 5.97 Å². The number of carbonyl (C=O) groups excluding carboxylic acids is 2. The second-order valence-electron chi connectivity index (χ2n) is 4.89. The predicted molar refractivity (Wildman–Crippen MR) is 86.0 cm³/mol. The third-order valence-electron chi connectivity index (χ3n) is 3.29. The van der Waals surface area contributed by atoms with Gasteiger partial charge in [-0.15, -0.1) is 0 Å². The van der Waals surface area contributed by atoms with Crippen LogP contribution >= 0.6 is 0 Å². The molecule has 2 heterocycles. The molecule has 0 fully saturated rings. The van der Waals surface area contributed by atoms with E-state index in [1.54, 1.807) is 24.3 Å². The number of hydrogen-bond acceptors (Lipinski definition) is 7. The SMILES string of the molecule is COC(=O)c1ccnc(Oc2ccc(-c3n[nH]nc3C(N)=O)cc2)c1. The summed E-state index contributed by atoms with van der Waals surface area (Å²) < 4.78 is 10.3. The maximum Gasteiger partial charge on any atom is 0.338 e. The van der Waals surface area contributed by atoms with E-state index in [1.165, 1.54) is 25.4 Å². The molecule has 3 aromatic rings. The third kappa shape index (κ3) is 3.44. The Kier molecular flexibility index (Phi) is 4.38. The van der Waals surface area contributed by atoms with E-state index >= 15 is 0 Å². The molecule has 25 heavy (non-hydrogen) atoms. The molecule has 9 heteroatoms. The van der Waals surface area contributed by atoms with Gasteiger partial charge in [0.15, 0.2) is 5.69 Å². The Morgan fingerprint density at radius 3 is 2.56 bits per heavy atom. The number of nitrogens with two attached hydrogens (primary N) is 1. The molecule has 0 atom stereocenters. The number of primary amides is 1. The first-order valence-corrected chi connectivity index (χ1v) is 7.11. The Morgan fingerprint density at radius 2 is 1.88 bits per heavy atom. The molecule has 126 valence electrons. The summed E-state index contributed by atoms with van der Waals surface area (Å²) in [6, 6.07) is 9.73. The number of aromatic nitrogens is 4. The van der Waals surface area contributed by atoms with Crippen molar-refractivity contribution >= 4 is 11.9 Å². The van der Waals surface area contributed by atoms with Crippen molar-refractivity contribution in [2.45, 2.75) is 0 Å². The normalized spacial score (nSPS) is 10.3. The molecule has 0 saturated heterocycles. The zero-order chi connectivity index (χ0) is 17.8. The van der Waals surface area contributed by atoms with Gasteiger partial charge in [-0.05, 0) is 30.3 Å². The number of H-pyrrole nitrogens is 1. The molecule has 2 aromatic heterocycles. The lowest BCUT2D eigenvalue weighted by Gasteiger charge is -2.06. The molecule has 0 spiro atoms. The van der Waals surface area contributed by atoms with E-state index < -0.39 is 11.9 Å². The van der Waals surface area contributed by atoms with E-state index in [1.807, 2.05) is 0 Å². The lowest BCUT2D eigenvalue weighted by Crippen LogP contribution is -2.12. The highest BCUT2D eigenvalue weighted by molar-refractivity contribution is 5.96. The number of rotatable bonds is 5. The average Bonchev–Trinajstić information content (AvgIpc) is 3.12. The Balaban J connectivity index is 1.80. The number of aromatic amines is 1. The molecule has 0 aliphatic heterocycles. The summed E-state index contributed by atoms with van der Waals surface area (Å²) in [6.07, 6.45) is 1.45. The van der Waals surface area contributed by atoms with Crippen LogP contribution in [0.25, 0.3) is 11.3 Å². The smallest absolute Gasteiger partial charge is 0.338 e. The molecule has 0 aliphatic rings. The van der Waals surface area contributed by atoms with Crippen molar-refractivity contribution in [2.24, 2.45) is 5.73 Å². The number of methoxy groups -OCH3 is 1. The van der Waals surface area contributed by atoms with Crippen LogP contribution in [0.5, 0.6) is 11.6 Å². The zero-order valence-electron chi connectivity index (χ0n) is 13.1. The van der Waals surface area contributed by atoms with Crippen molar-refractivity contribution in [3.63, 3.8) is 0 Å². The Morgan fingerprint density at radius 1 is 1.12 bits per heavy atom. The Bertz CT molecular complexity index is 920. The van der Waals surface area contributed by atoms with Crippen molar-refractivity contribution in [1.29, 1.82) is 0 Å². The lowest BCUT2D eigenvalue weighted by atomic mass is 10.1. The minimum Gasteiger partial charge on any atom is -0.465 e. The topological polar surface area (TPSA) is 133 Å². The number of carbonyl (C=O) groups is 2. The monoisotopic (exact) mass is 339 g/mol. The summed E-state index contributed by atoms with van der Waals surface area (Å²) in [6.45, 7) is 0. The van der Waals surface area contributed by atoms with Crippen molar-refractivity contribution < 1.29 is 19.1 Å². The summed E-state index contributed by atoms with van der Waals surface area (Å²) >= 11 is 0. The van der Waals surface area contributed by atoms with Crippen LogP contribution in [-0.2, 0) is 4.74 Å². The van der Waals surface area contributed by atoms with Gasteiger partial charge in [0.1, 0.15) is 11.4 Å². The molecule has 3 rings (SSSR count). The fraction of sp³-hybridized carbons (Fsp3) is 0.0625. The molecule has 0 radical (unpaired) electrons. The van der Waals surface area contributed by atoms with Crippen molar-refractivity contribution in [1.82, 2.24) is 20.4 Å². The minimum absolute atomic E-state index is 0.0566. The maximum absolute atomic E-state index is 11.5. The van der Waals surface area contributed by atoms with Crippen LogP contribution < -0.4 is 10.5 Å². The number of nitrogens with zero attached hydrogens (tertiary/aromatic N) is 3. The summed E-state index contributed by atoms with van der Waals surface area (Å²) in [7, 11) is 1.30. The number of hydrogen-bond donors (Lipinski definition) is 2. The molecule has 1 aromatic carbocycles. The summed E-state index contributed by atoms with van der Waals surface area (Å²) in [5, 5.41) is 10.0. The summed E-state index contributed by atoms with van der Waals surface area (Å²) in [5.41, 5.74) is 6.63. The second kappa shape index (κ2) is 6.79. The van der Waals surface area contributed by atoms with Crippen LogP contribution in [0, 0.1) is 0 Å². The summed E-state index contributed by atoms with van der Waals surface area (Å²) in [4.78, 5) is 26.9. The van der Waals surface area contributed by atoms with Crippen LogP contribution in [0.1, 0.15) is 20.8 Å². The van der Waals surface area contributed by atoms with Crippen LogP contribution in [-0.4, -0.2) is 39.4 Å². The molecular weight excluding hydrogens is 326 g/mol. The number of esters is 1. The quantitative estimate of drug-likeness (QED) is 0.673. The van der Waals surface area contributed by atoms with Gasteiger partial charge in [-0.3, -0.25) is 4.79 Å². The molecule has 0 aliphatic carbocycles. The van der Waals surface area contributed by atoms with Gasteiger partial charge in [0.25, 0.3) is 5.91 Å². The fourth-order valence-corrected chi connectivity index (χ4v) is 2.12. The van der Waals surface area contributed by atoms with Gasteiger partial charge in [0.2, 0.25) is 5.88 Å². The van der Waals surface area contributed by atoms with E-state index in [0.717, 1.165) is 0 Å². The van der Waals surface area contributed by atoms with Gasteiger partial charge in [0, 0.05) is 17.8 Å². The van der Waals surface area contributed by atoms with Crippen molar-refractivity contribution in [3.05, 3.63) is 53.9 Å². The van der Waals surface area contributed by atoms with Gasteiger partial charge in [-0.1, -0.05) is 0 Å². The van der Waals surface area contributed by atoms with Crippen LogP contribution in [0.3, 0.4) is 0 Å². The lowest BCUT2D eigenvalue weighted by molar-refractivity contribution is 0.0600. The maximum atomic E-state index is 11.5. The molecule has 0 unspecified atom stereocenters. The third-order valence-corrected chi connectivity index (χ3v) is 3.29. The van der Waals surface area contributed by atoms with Crippen LogP contribution in [0.2, 0.25) is 0 Å². The van der Waals surface area contributed by atoms with E-state index in [-0.39, 0.29) is 11.6 Å². The van der Waals surface area contributed by atoms with Crippen molar-refractivity contribution in [3.8, 4) is 22.9 Å². The first-order chi connectivity index (χ1) is 12.1. The molecule has 0 bridgehead atoms. The van der Waals surface area contributed by atoms with Crippen LogP contribution in [0.4, 0.5) is 0 Å². The largest absolute Gasteiger partial charge is 0.465 e. The first kappa shape index (κ1) is 16.1. The highest BCUT2D eigenvalue weighted by Crippen LogP contribution is 2.25. The van der Waals surface area contributed by atoms with Gasteiger partial charge < -0.3 is 15.2 Å². The van der Waals surface area contributed by atoms with Gasteiger partial charge in [-0.2, -0.15) is 15.4 Å². The first-order valence-electron chi connectivity index (χ1n) is 7.11. The standard InChI is InChI=1S/C16H13N5O4/c1-24-16(23)10-6-7-18-12(8-10)25-11-4-2-9(3-5-11)13-14(15(17)22)20-21-19-13/h2-8H,1H3,(H2,17,22)(H,19,20,21). The second-order valence-corrected chi connectivity index (χ2v) is 4.89. The predicted octanol–water partition coefficient (Wildman–Crippen LogP) is 1.54. The molecule has 3 N–H and O–H groups in total. The Hall–Kier alpha value is -3.75. The summed E-state index contributed by atoms with van der Waals surface area (Å²) in [5.74, 6) is -0.419. The zero-order valence-corrected chi connectivity index (χ0v) is 13.1. The van der Waals surface area contributed by atoms with Gasteiger partial charge in [0.05, 0.1) is 12.7 Å². The number of nitrogens with one attached hydrogen (secondary N) is 1. The van der Waals surface area contributed by atoms with Crippen molar-refractivity contribution in [2.75, 3.05) is 7.11 Å². The number of pyridine rings is 1. The average molecular weight is 339 g/mol. The van der Waals surface area contributed by atoms with Gasteiger partial charge in [-0.25, -0.2) is 9.78 Å². The fourth-order valence-electron chi connectivity index (χ4n) is 2.12. The number of amides is 1. The highest BCUT2D eigenvalue weighted by Gasteiger charge is 2.15. The highest BCUT2D eigenvalue weighted by atomic mass is 16.5. The Labute approximate surface area is 141 Å². The number of ether oxygens (including phenoxy) is 2.